The van der Waals surface area contributed by atoms with Crippen molar-refractivity contribution in [1.82, 2.24) is 4.90 Å². The number of likely N-dealkylation sites (tertiary alicyclic amines) is 1. The van der Waals surface area contributed by atoms with Gasteiger partial charge >= 0.3 is 12.1 Å². The predicted octanol–water partition coefficient (Wildman–Crippen LogP) is 4.25. The number of methoxy groups -OCH3 is 1. The van der Waals surface area contributed by atoms with E-state index < -0.39 is 56.1 Å². The summed E-state index contributed by atoms with van der Waals surface area (Å²) in [6.07, 6.45) is 1.55. The molecule has 0 aliphatic carbocycles. The zero-order valence-electron chi connectivity index (χ0n) is 21.5. The fraction of sp³-hybridized carbons (Fsp3) is 0.826. The monoisotopic (exact) mass is 471 g/mol. The van der Waals surface area contributed by atoms with E-state index >= 15 is 0 Å². The Morgan fingerprint density at radius 3 is 2.12 bits per heavy atom. The number of fused-ring (bicyclic) bond motifs is 1. The third-order valence-corrected chi connectivity index (χ3v) is 10.7. The standard InChI is InChI=1S/C23H41NO7Si/c1-21(2,3)31-20(26)24-15(12-13-17(25)27-9)18-19(30-23(7,8)29-18)16(24)14-28-32(10,11)22(4,5)6/h12-13,15-16,18-19H,14H2,1-11H3/b13-12+/t15-,16-,18+,19-/m1/s1. The Balaban J connectivity index is 2.43. The van der Waals surface area contributed by atoms with Crippen LogP contribution in [0, 0.1) is 0 Å². The summed E-state index contributed by atoms with van der Waals surface area (Å²) in [5.74, 6) is -1.33. The van der Waals surface area contributed by atoms with Crippen molar-refractivity contribution in [1.29, 1.82) is 0 Å². The first-order valence-electron chi connectivity index (χ1n) is 11.2. The lowest BCUT2D eigenvalue weighted by Gasteiger charge is -2.39. The highest BCUT2D eigenvalue weighted by Crippen LogP contribution is 2.43. The molecule has 8 nitrogen and oxygen atoms in total. The number of ether oxygens (including phenoxy) is 4. The van der Waals surface area contributed by atoms with Gasteiger partial charge in [-0.1, -0.05) is 26.8 Å². The van der Waals surface area contributed by atoms with Gasteiger partial charge in [0.2, 0.25) is 0 Å². The van der Waals surface area contributed by atoms with Crippen LogP contribution in [0.1, 0.15) is 55.4 Å². The summed E-state index contributed by atoms with van der Waals surface area (Å²) in [5.41, 5.74) is -0.683. The van der Waals surface area contributed by atoms with E-state index in [1.165, 1.54) is 13.2 Å². The molecule has 2 aliphatic rings. The van der Waals surface area contributed by atoms with Crippen molar-refractivity contribution < 1.29 is 33.0 Å². The summed E-state index contributed by atoms with van der Waals surface area (Å²) < 4.78 is 29.4. The van der Waals surface area contributed by atoms with Gasteiger partial charge in [-0.15, -0.1) is 0 Å². The Hall–Kier alpha value is -1.42. The Morgan fingerprint density at radius 1 is 1.06 bits per heavy atom. The molecule has 2 saturated heterocycles. The summed E-state index contributed by atoms with van der Waals surface area (Å²) in [7, 11) is -0.785. The van der Waals surface area contributed by atoms with Gasteiger partial charge in [-0.2, -0.15) is 0 Å². The molecule has 0 radical (unpaired) electrons. The Kier molecular flexibility index (Phi) is 7.61. The molecule has 184 valence electrons. The van der Waals surface area contributed by atoms with Crippen LogP contribution in [0.2, 0.25) is 18.1 Å². The van der Waals surface area contributed by atoms with Crippen LogP contribution in [0.3, 0.4) is 0 Å². The fourth-order valence-electron chi connectivity index (χ4n) is 3.62. The molecule has 4 atom stereocenters. The largest absolute Gasteiger partial charge is 0.466 e. The molecule has 32 heavy (non-hydrogen) atoms. The minimum atomic E-state index is -2.09. The average molecular weight is 472 g/mol. The van der Waals surface area contributed by atoms with Crippen LogP contribution < -0.4 is 0 Å². The van der Waals surface area contributed by atoms with E-state index in [-0.39, 0.29) is 5.04 Å². The molecule has 0 aromatic carbocycles. The van der Waals surface area contributed by atoms with Crippen molar-refractivity contribution in [2.45, 2.75) is 109 Å². The molecule has 1 amide bonds. The predicted molar refractivity (Wildman–Crippen MR) is 124 cm³/mol. The van der Waals surface area contributed by atoms with Crippen LogP contribution in [0.5, 0.6) is 0 Å². The third-order valence-electron chi connectivity index (χ3n) is 6.21. The number of esters is 1. The molecule has 0 aromatic heterocycles. The van der Waals surface area contributed by atoms with Crippen molar-refractivity contribution >= 4 is 20.4 Å². The molecule has 0 unspecified atom stereocenters. The summed E-state index contributed by atoms with van der Waals surface area (Å²) >= 11 is 0. The first-order chi connectivity index (χ1) is 14.4. The van der Waals surface area contributed by atoms with Crippen LogP contribution in [-0.4, -0.2) is 74.7 Å². The number of amides is 1. The third kappa shape index (κ3) is 6.12. The Labute approximate surface area is 193 Å². The Morgan fingerprint density at radius 2 is 1.62 bits per heavy atom. The molecule has 0 N–H and O–H groups in total. The van der Waals surface area contributed by atoms with Gasteiger partial charge in [0, 0.05) is 6.08 Å². The van der Waals surface area contributed by atoms with E-state index in [1.807, 2.05) is 34.6 Å². The first-order valence-corrected chi connectivity index (χ1v) is 14.1. The number of hydrogen-bond acceptors (Lipinski definition) is 7. The molecular weight excluding hydrogens is 430 g/mol. The van der Waals surface area contributed by atoms with E-state index in [1.54, 1.807) is 11.0 Å². The van der Waals surface area contributed by atoms with Crippen LogP contribution in [0.4, 0.5) is 4.79 Å². The van der Waals surface area contributed by atoms with Crippen LogP contribution in [0.15, 0.2) is 12.2 Å². The molecule has 2 rings (SSSR count). The van der Waals surface area contributed by atoms with E-state index in [0.717, 1.165) is 0 Å². The van der Waals surface area contributed by atoms with E-state index in [4.69, 9.17) is 23.4 Å². The number of carbonyl (C=O) groups is 2. The molecule has 2 aliphatic heterocycles. The van der Waals surface area contributed by atoms with E-state index in [0.29, 0.717) is 6.61 Å². The van der Waals surface area contributed by atoms with E-state index in [2.05, 4.69) is 33.9 Å². The molecule has 0 saturated carbocycles. The summed E-state index contributed by atoms with van der Waals surface area (Å²) in [6, 6.07) is -0.998. The minimum Gasteiger partial charge on any atom is -0.466 e. The number of rotatable bonds is 5. The number of carbonyl (C=O) groups excluding carboxylic acids is 2. The fourth-order valence-corrected chi connectivity index (χ4v) is 4.64. The average Bonchev–Trinajstić information content (AvgIpc) is 3.05. The molecule has 2 heterocycles. The molecule has 0 bridgehead atoms. The first kappa shape index (κ1) is 26.8. The highest BCUT2D eigenvalue weighted by atomic mass is 28.4. The highest BCUT2D eigenvalue weighted by Gasteiger charge is 2.59. The molecule has 0 aromatic rings. The van der Waals surface area contributed by atoms with Gasteiger partial charge in [0.05, 0.1) is 25.8 Å². The molecule has 9 heteroatoms. The maximum atomic E-state index is 13.3. The Bertz CT molecular complexity index is 736. The number of hydrogen-bond donors (Lipinski definition) is 0. The van der Waals surface area contributed by atoms with Crippen molar-refractivity contribution in [2.24, 2.45) is 0 Å². The van der Waals surface area contributed by atoms with Crippen LogP contribution in [0.25, 0.3) is 0 Å². The maximum Gasteiger partial charge on any atom is 0.411 e. The highest BCUT2D eigenvalue weighted by molar-refractivity contribution is 6.74. The quantitative estimate of drug-likeness (QED) is 0.337. The summed E-state index contributed by atoms with van der Waals surface area (Å²) in [6.45, 7) is 20.3. The van der Waals surface area contributed by atoms with Crippen molar-refractivity contribution in [3.63, 3.8) is 0 Å². The maximum absolute atomic E-state index is 13.3. The zero-order chi connectivity index (χ0) is 24.7. The summed E-state index contributed by atoms with van der Waals surface area (Å²) in [5, 5.41) is 0.0121. The topological polar surface area (TPSA) is 83.5 Å². The SMILES string of the molecule is COC(=O)/C=C/[C@@H]1[C@@H]2OC(C)(C)O[C@@H]2[C@@H](CO[Si](C)(C)C(C)(C)C)N1C(=O)OC(C)(C)C. The minimum absolute atomic E-state index is 0.0121. The second kappa shape index (κ2) is 9.08. The summed E-state index contributed by atoms with van der Waals surface area (Å²) in [4.78, 5) is 26.7. The van der Waals surface area contributed by atoms with Gasteiger partial charge < -0.3 is 23.4 Å². The normalized spacial score (nSPS) is 28.2. The van der Waals surface area contributed by atoms with E-state index in [9.17, 15) is 9.59 Å². The van der Waals surface area contributed by atoms with Crippen LogP contribution in [-0.2, 0) is 28.2 Å². The lowest BCUT2D eigenvalue weighted by atomic mass is 10.1. The second-order valence-corrected chi connectivity index (χ2v) is 16.3. The van der Waals surface area contributed by atoms with Crippen molar-refractivity contribution in [2.75, 3.05) is 13.7 Å². The van der Waals surface area contributed by atoms with Crippen molar-refractivity contribution in [3.05, 3.63) is 12.2 Å². The smallest absolute Gasteiger partial charge is 0.411 e. The molecule has 0 spiro atoms. The van der Waals surface area contributed by atoms with Crippen LogP contribution >= 0.6 is 0 Å². The molecular formula is C23H41NO7Si. The van der Waals surface area contributed by atoms with Gasteiger partial charge in [-0.3, -0.25) is 4.90 Å². The second-order valence-electron chi connectivity index (χ2n) is 11.5. The number of nitrogens with zero attached hydrogens (tertiary/aromatic N) is 1. The van der Waals surface area contributed by atoms with Gasteiger partial charge in [0.15, 0.2) is 14.1 Å². The lowest BCUT2D eigenvalue weighted by Crippen LogP contribution is -2.52. The van der Waals surface area contributed by atoms with Crippen molar-refractivity contribution in [3.8, 4) is 0 Å². The zero-order valence-corrected chi connectivity index (χ0v) is 22.5. The molecule has 2 fully saturated rings. The van der Waals surface area contributed by atoms with Gasteiger partial charge in [0.1, 0.15) is 17.8 Å². The van der Waals surface area contributed by atoms with Gasteiger partial charge in [0.25, 0.3) is 0 Å². The van der Waals surface area contributed by atoms with Gasteiger partial charge in [-0.25, -0.2) is 9.59 Å². The lowest BCUT2D eigenvalue weighted by molar-refractivity contribution is -0.165. The van der Waals surface area contributed by atoms with Gasteiger partial charge in [-0.05, 0) is 52.8 Å².